The standard InChI is InChI=1S/C12H15F3N2O2S/c1-2-17(10-7-16-8-10)20(18,19)11-5-3-9(4-6-11)12(13,14)15/h3-6,10,16H,2,7-8H2,1H3. The highest BCUT2D eigenvalue weighted by Gasteiger charge is 2.35. The van der Waals surface area contributed by atoms with Crippen LogP contribution in [-0.4, -0.2) is 38.4 Å². The fraction of sp³-hybridized carbons (Fsp3) is 0.500. The number of nitrogens with zero attached hydrogens (tertiary/aromatic N) is 1. The van der Waals surface area contributed by atoms with Gasteiger partial charge in [-0.3, -0.25) is 0 Å². The van der Waals surface area contributed by atoms with E-state index >= 15 is 0 Å². The molecule has 0 spiro atoms. The van der Waals surface area contributed by atoms with Crippen LogP contribution < -0.4 is 5.32 Å². The molecular weight excluding hydrogens is 293 g/mol. The fourth-order valence-corrected chi connectivity index (χ4v) is 3.69. The maximum absolute atomic E-state index is 12.5. The Labute approximate surface area is 115 Å². The molecule has 1 fully saturated rings. The van der Waals surface area contributed by atoms with Crippen molar-refractivity contribution in [3.8, 4) is 0 Å². The summed E-state index contributed by atoms with van der Waals surface area (Å²) in [5.41, 5.74) is -0.857. The Hall–Kier alpha value is -1.12. The first-order chi connectivity index (χ1) is 9.26. The normalized spacial score (nSPS) is 17.2. The molecule has 0 radical (unpaired) electrons. The van der Waals surface area contributed by atoms with Crippen LogP contribution in [0.25, 0.3) is 0 Å². The number of halogens is 3. The Balaban J connectivity index is 2.29. The van der Waals surface area contributed by atoms with E-state index in [1.165, 1.54) is 4.31 Å². The molecule has 8 heteroatoms. The minimum Gasteiger partial charge on any atom is -0.313 e. The molecular formula is C12H15F3N2O2S. The van der Waals surface area contributed by atoms with Crippen molar-refractivity contribution in [1.82, 2.24) is 9.62 Å². The van der Waals surface area contributed by atoms with Crippen LogP contribution >= 0.6 is 0 Å². The second-order valence-corrected chi connectivity index (χ2v) is 6.43. The Kier molecular flexibility index (Phi) is 4.08. The van der Waals surface area contributed by atoms with E-state index in [9.17, 15) is 21.6 Å². The lowest BCUT2D eigenvalue weighted by molar-refractivity contribution is -0.137. The van der Waals surface area contributed by atoms with Crippen LogP contribution in [0, 0.1) is 0 Å². The average Bonchev–Trinajstić information content (AvgIpc) is 2.32. The van der Waals surface area contributed by atoms with E-state index in [1.54, 1.807) is 6.92 Å². The zero-order chi connectivity index (χ0) is 15.0. The molecule has 1 N–H and O–H groups in total. The number of hydrogen-bond acceptors (Lipinski definition) is 3. The largest absolute Gasteiger partial charge is 0.416 e. The van der Waals surface area contributed by atoms with Gasteiger partial charge < -0.3 is 5.32 Å². The molecule has 1 aliphatic heterocycles. The predicted octanol–water partition coefficient (Wildman–Crippen LogP) is 1.69. The van der Waals surface area contributed by atoms with Crippen molar-refractivity contribution in [3.63, 3.8) is 0 Å². The molecule has 0 aromatic heterocycles. The monoisotopic (exact) mass is 308 g/mol. The molecule has 1 aromatic carbocycles. The van der Waals surface area contributed by atoms with Crippen molar-refractivity contribution in [2.45, 2.75) is 24.0 Å². The number of hydrogen-bond donors (Lipinski definition) is 1. The van der Waals surface area contributed by atoms with Crippen LogP contribution in [0.15, 0.2) is 29.2 Å². The molecule has 4 nitrogen and oxygen atoms in total. The van der Waals surface area contributed by atoms with Crippen molar-refractivity contribution in [2.75, 3.05) is 19.6 Å². The Morgan fingerprint density at radius 1 is 1.25 bits per heavy atom. The van der Waals surface area contributed by atoms with Crippen LogP contribution in [0.2, 0.25) is 0 Å². The van der Waals surface area contributed by atoms with Gasteiger partial charge in [-0.05, 0) is 24.3 Å². The quantitative estimate of drug-likeness (QED) is 0.921. The number of sulfonamides is 1. The molecule has 0 unspecified atom stereocenters. The highest BCUT2D eigenvalue weighted by atomic mass is 32.2. The fourth-order valence-electron chi connectivity index (χ4n) is 2.05. The average molecular weight is 308 g/mol. The van der Waals surface area contributed by atoms with Crippen LogP contribution in [0.1, 0.15) is 12.5 Å². The second-order valence-electron chi connectivity index (χ2n) is 4.54. The van der Waals surface area contributed by atoms with Crippen molar-refractivity contribution < 1.29 is 21.6 Å². The van der Waals surface area contributed by atoms with Gasteiger partial charge in [0.05, 0.1) is 10.5 Å². The van der Waals surface area contributed by atoms with Gasteiger partial charge in [-0.1, -0.05) is 6.92 Å². The van der Waals surface area contributed by atoms with Gasteiger partial charge in [0.1, 0.15) is 0 Å². The van der Waals surface area contributed by atoms with Crippen molar-refractivity contribution in [2.24, 2.45) is 0 Å². The van der Waals surface area contributed by atoms with E-state index in [0.717, 1.165) is 24.3 Å². The van der Waals surface area contributed by atoms with E-state index in [-0.39, 0.29) is 17.5 Å². The van der Waals surface area contributed by atoms with Crippen LogP contribution in [0.5, 0.6) is 0 Å². The zero-order valence-corrected chi connectivity index (χ0v) is 11.6. The third-order valence-corrected chi connectivity index (χ3v) is 5.31. The molecule has 1 aliphatic rings. The number of likely N-dealkylation sites (N-methyl/N-ethyl adjacent to an activating group) is 1. The first-order valence-electron chi connectivity index (χ1n) is 6.16. The molecule has 0 atom stereocenters. The van der Waals surface area contributed by atoms with Crippen LogP contribution in [-0.2, 0) is 16.2 Å². The molecule has 1 saturated heterocycles. The third kappa shape index (κ3) is 2.82. The SMILES string of the molecule is CCN(C1CNC1)S(=O)(=O)c1ccc(C(F)(F)F)cc1. The number of benzene rings is 1. The highest BCUT2D eigenvalue weighted by molar-refractivity contribution is 7.89. The summed E-state index contributed by atoms with van der Waals surface area (Å²) in [5, 5.41) is 2.97. The molecule has 20 heavy (non-hydrogen) atoms. The topological polar surface area (TPSA) is 49.4 Å². The van der Waals surface area contributed by atoms with E-state index in [2.05, 4.69) is 5.32 Å². The van der Waals surface area contributed by atoms with Gasteiger partial charge in [-0.15, -0.1) is 0 Å². The summed E-state index contributed by atoms with van der Waals surface area (Å²) in [6, 6.07) is 3.46. The maximum Gasteiger partial charge on any atom is 0.416 e. The van der Waals surface area contributed by atoms with Gasteiger partial charge >= 0.3 is 6.18 Å². The molecule has 0 amide bonds. The van der Waals surface area contributed by atoms with Crippen molar-refractivity contribution in [1.29, 1.82) is 0 Å². The number of rotatable bonds is 4. The summed E-state index contributed by atoms with van der Waals surface area (Å²) >= 11 is 0. The molecule has 0 aliphatic carbocycles. The predicted molar refractivity (Wildman–Crippen MR) is 67.7 cm³/mol. The third-order valence-electron chi connectivity index (χ3n) is 3.27. The maximum atomic E-state index is 12.5. The number of alkyl halides is 3. The van der Waals surface area contributed by atoms with E-state index in [0.29, 0.717) is 13.1 Å². The van der Waals surface area contributed by atoms with Gasteiger partial charge in [0.2, 0.25) is 10.0 Å². The second kappa shape index (κ2) is 5.34. The summed E-state index contributed by atoms with van der Waals surface area (Å²) in [4.78, 5) is -0.112. The van der Waals surface area contributed by atoms with Gasteiger partial charge in [-0.2, -0.15) is 17.5 Å². The Morgan fingerprint density at radius 3 is 2.15 bits per heavy atom. The summed E-state index contributed by atoms with van der Waals surface area (Å²) in [7, 11) is -3.75. The lowest BCUT2D eigenvalue weighted by Crippen LogP contribution is -2.58. The first-order valence-corrected chi connectivity index (χ1v) is 7.60. The van der Waals surface area contributed by atoms with Gasteiger partial charge in [0.15, 0.2) is 0 Å². The van der Waals surface area contributed by atoms with Crippen LogP contribution in [0.3, 0.4) is 0 Å². The highest BCUT2D eigenvalue weighted by Crippen LogP contribution is 2.30. The summed E-state index contributed by atoms with van der Waals surface area (Å²) in [5.74, 6) is 0. The summed E-state index contributed by atoms with van der Waals surface area (Å²) in [6.45, 7) is 3.12. The first kappa shape index (κ1) is 15.3. The van der Waals surface area contributed by atoms with Gasteiger partial charge in [-0.25, -0.2) is 8.42 Å². The number of nitrogens with one attached hydrogen (secondary N) is 1. The van der Waals surface area contributed by atoms with Crippen LogP contribution in [0.4, 0.5) is 13.2 Å². The minimum absolute atomic E-state index is 0.112. The molecule has 112 valence electrons. The molecule has 1 aromatic rings. The molecule has 1 heterocycles. The zero-order valence-electron chi connectivity index (χ0n) is 10.8. The molecule has 0 saturated carbocycles. The van der Waals surface area contributed by atoms with E-state index in [4.69, 9.17) is 0 Å². The minimum atomic E-state index is -4.47. The smallest absolute Gasteiger partial charge is 0.313 e. The van der Waals surface area contributed by atoms with Crippen molar-refractivity contribution in [3.05, 3.63) is 29.8 Å². The van der Waals surface area contributed by atoms with E-state index < -0.39 is 21.8 Å². The summed E-state index contributed by atoms with van der Waals surface area (Å²) < 4.78 is 63.5. The summed E-state index contributed by atoms with van der Waals surface area (Å²) in [6.07, 6.45) is -4.47. The van der Waals surface area contributed by atoms with Gasteiger partial charge in [0.25, 0.3) is 0 Å². The van der Waals surface area contributed by atoms with E-state index in [1.807, 2.05) is 0 Å². The Morgan fingerprint density at radius 2 is 1.80 bits per heavy atom. The molecule has 2 rings (SSSR count). The lowest BCUT2D eigenvalue weighted by Gasteiger charge is -2.36. The Bertz CT molecular complexity index is 565. The molecule has 0 bridgehead atoms. The van der Waals surface area contributed by atoms with Crippen molar-refractivity contribution >= 4 is 10.0 Å². The van der Waals surface area contributed by atoms with Gasteiger partial charge in [0, 0.05) is 25.7 Å². The lowest BCUT2D eigenvalue weighted by atomic mass is 10.2.